The molecule has 0 spiro atoms. The fourth-order valence-corrected chi connectivity index (χ4v) is 2.64. The Balaban J connectivity index is 5.64. The number of amides is 3. The first-order chi connectivity index (χ1) is 16.6. The molecule has 214 valence electrons. The molecular weight excluding hydrogens is 484 g/mol. The van der Waals surface area contributed by atoms with Gasteiger partial charge in [-0.3, -0.25) is 19.2 Å². The highest BCUT2D eigenvalue weighted by atomic mass is 16.6. The second kappa shape index (κ2) is 14.3. The third-order valence-corrected chi connectivity index (χ3v) is 4.24. The minimum absolute atomic E-state index is 0.116. The summed E-state index contributed by atoms with van der Waals surface area (Å²) < 4.78 is 16.4. The second-order valence-corrected chi connectivity index (χ2v) is 11.8. The predicted molar refractivity (Wildman–Crippen MR) is 137 cm³/mol. The van der Waals surface area contributed by atoms with Crippen LogP contribution in [0.2, 0.25) is 0 Å². The van der Waals surface area contributed by atoms with Crippen molar-refractivity contribution in [2.45, 2.75) is 117 Å². The van der Waals surface area contributed by atoms with Crippen LogP contribution in [-0.2, 0) is 38.2 Å². The predicted octanol–water partition coefficient (Wildman–Crippen LogP) is 0.698. The van der Waals surface area contributed by atoms with Gasteiger partial charge in [-0.25, -0.2) is 4.79 Å². The van der Waals surface area contributed by atoms with E-state index in [1.807, 2.05) is 0 Å². The van der Waals surface area contributed by atoms with Crippen molar-refractivity contribution in [3.8, 4) is 0 Å². The lowest BCUT2D eigenvalue weighted by molar-refractivity contribution is -0.162. The summed E-state index contributed by atoms with van der Waals surface area (Å²) in [7, 11) is 0. The molecule has 0 aromatic rings. The first kappa shape index (κ1) is 34.3. The van der Waals surface area contributed by atoms with E-state index in [0.29, 0.717) is 0 Å². The molecule has 0 aliphatic carbocycles. The monoisotopic (exact) mass is 530 g/mol. The summed E-state index contributed by atoms with van der Waals surface area (Å²) in [6.07, 6.45) is -0.299. The Morgan fingerprint density at radius 2 is 1.30 bits per heavy atom. The fraction of sp³-hybridized carbons (Fsp3) is 0.800. The standard InChI is InChI=1S/C25H46N4O8/c1-15(26)20(32)27-13-18(30)28-16(11-12-19(31)36-24(5,6)7)21(33)29-17(14-35-23(2,3)4)22(34)37-25(8,9)10/h15-17H,11-14,26H2,1-10H3,(H,27,32)(H,28,30)(H,29,33)/t15-,16-,17-/m0/s1. The highest BCUT2D eigenvalue weighted by Gasteiger charge is 2.32. The molecule has 12 heteroatoms. The van der Waals surface area contributed by atoms with E-state index in [1.54, 1.807) is 62.3 Å². The van der Waals surface area contributed by atoms with E-state index >= 15 is 0 Å². The number of hydrogen-bond donors (Lipinski definition) is 4. The molecule has 0 radical (unpaired) electrons. The van der Waals surface area contributed by atoms with Crippen molar-refractivity contribution in [3.05, 3.63) is 0 Å². The van der Waals surface area contributed by atoms with Gasteiger partial charge in [-0.1, -0.05) is 0 Å². The van der Waals surface area contributed by atoms with Gasteiger partial charge < -0.3 is 35.9 Å². The SMILES string of the molecule is C[C@H](N)C(=O)NCC(=O)N[C@@H](CCC(=O)OC(C)(C)C)C(=O)N[C@@H](COC(C)(C)C)C(=O)OC(C)(C)C. The number of nitrogens with two attached hydrogens (primary N) is 1. The Hall–Kier alpha value is -2.73. The second-order valence-electron chi connectivity index (χ2n) is 11.8. The number of ether oxygens (including phenoxy) is 3. The molecule has 0 rings (SSSR count). The van der Waals surface area contributed by atoms with Gasteiger partial charge in [-0.15, -0.1) is 0 Å². The van der Waals surface area contributed by atoms with Crippen molar-refractivity contribution >= 4 is 29.7 Å². The molecule has 3 amide bonds. The van der Waals surface area contributed by atoms with Gasteiger partial charge in [0.25, 0.3) is 0 Å². The van der Waals surface area contributed by atoms with E-state index in [2.05, 4.69) is 16.0 Å². The molecule has 3 atom stereocenters. The number of nitrogens with one attached hydrogen (secondary N) is 3. The third kappa shape index (κ3) is 17.4. The first-order valence-electron chi connectivity index (χ1n) is 12.3. The summed E-state index contributed by atoms with van der Waals surface area (Å²) in [5.74, 6) is -3.24. The normalized spacial score (nSPS) is 14.6. The van der Waals surface area contributed by atoms with Gasteiger partial charge in [0.05, 0.1) is 24.8 Å². The number of esters is 2. The Kier molecular flexibility index (Phi) is 13.2. The minimum atomic E-state index is -1.22. The Bertz CT molecular complexity index is 807. The number of rotatable bonds is 12. The average Bonchev–Trinajstić information content (AvgIpc) is 2.68. The van der Waals surface area contributed by atoms with Crippen molar-refractivity contribution in [2.24, 2.45) is 5.73 Å². The summed E-state index contributed by atoms with van der Waals surface area (Å²) in [5, 5.41) is 7.40. The average molecular weight is 531 g/mol. The molecule has 12 nitrogen and oxygen atoms in total. The topological polar surface area (TPSA) is 175 Å². The fourth-order valence-electron chi connectivity index (χ4n) is 2.64. The molecule has 0 fully saturated rings. The molecule has 0 aromatic carbocycles. The summed E-state index contributed by atoms with van der Waals surface area (Å²) in [5.41, 5.74) is 3.33. The maximum Gasteiger partial charge on any atom is 0.331 e. The Morgan fingerprint density at radius 1 is 0.757 bits per heavy atom. The third-order valence-electron chi connectivity index (χ3n) is 4.24. The summed E-state index contributed by atoms with van der Waals surface area (Å²) >= 11 is 0. The maximum atomic E-state index is 13.2. The zero-order chi connectivity index (χ0) is 29.2. The van der Waals surface area contributed by atoms with Crippen LogP contribution in [0.3, 0.4) is 0 Å². The van der Waals surface area contributed by atoms with E-state index in [9.17, 15) is 24.0 Å². The van der Waals surface area contributed by atoms with Gasteiger partial charge >= 0.3 is 11.9 Å². The molecule has 0 heterocycles. The molecule has 0 bridgehead atoms. The van der Waals surface area contributed by atoms with Crippen LogP contribution in [0.5, 0.6) is 0 Å². The Morgan fingerprint density at radius 3 is 1.76 bits per heavy atom. The van der Waals surface area contributed by atoms with Crippen LogP contribution in [0.15, 0.2) is 0 Å². The zero-order valence-corrected chi connectivity index (χ0v) is 23.9. The largest absolute Gasteiger partial charge is 0.460 e. The smallest absolute Gasteiger partial charge is 0.331 e. The summed E-state index contributed by atoms with van der Waals surface area (Å²) in [6.45, 7) is 16.4. The van der Waals surface area contributed by atoms with Gasteiger partial charge in [-0.2, -0.15) is 0 Å². The lowest BCUT2D eigenvalue weighted by atomic mass is 10.1. The molecule has 0 aromatic heterocycles. The number of carbonyl (C=O) groups is 5. The van der Waals surface area contributed by atoms with Gasteiger partial charge in [0.2, 0.25) is 17.7 Å². The van der Waals surface area contributed by atoms with Crippen LogP contribution >= 0.6 is 0 Å². The first-order valence-corrected chi connectivity index (χ1v) is 12.3. The van der Waals surface area contributed by atoms with Gasteiger partial charge in [0, 0.05) is 6.42 Å². The van der Waals surface area contributed by atoms with E-state index in [-0.39, 0.29) is 19.4 Å². The van der Waals surface area contributed by atoms with Crippen molar-refractivity contribution in [1.29, 1.82) is 0 Å². The molecule has 0 saturated carbocycles. The summed E-state index contributed by atoms with van der Waals surface area (Å²) in [6, 6.07) is -3.21. The molecule has 0 aliphatic rings. The van der Waals surface area contributed by atoms with E-state index in [0.717, 1.165) is 0 Å². The van der Waals surface area contributed by atoms with Gasteiger partial charge in [0.1, 0.15) is 17.2 Å². The highest BCUT2D eigenvalue weighted by molar-refractivity contribution is 5.93. The van der Waals surface area contributed by atoms with Crippen LogP contribution in [-0.4, -0.2) is 77.7 Å². The van der Waals surface area contributed by atoms with Crippen LogP contribution < -0.4 is 21.7 Å². The van der Waals surface area contributed by atoms with Crippen molar-refractivity contribution in [3.63, 3.8) is 0 Å². The quantitative estimate of drug-likeness (QED) is 0.265. The highest BCUT2D eigenvalue weighted by Crippen LogP contribution is 2.13. The van der Waals surface area contributed by atoms with Crippen molar-refractivity contribution < 1.29 is 38.2 Å². The zero-order valence-electron chi connectivity index (χ0n) is 23.9. The van der Waals surface area contributed by atoms with Crippen LogP contribution in [0.1, 0.15) is 82.1 Å². The number of hydrogen-bond acceptors (Lipinski definition) is 9. The Labute approximate surface area is 220 Å². The van der Waals surface area contributed by atoms with Gasteiger partial charge in [-0.05, 0) is 75.7 Å². The number of carbonyl (C=O) groups excluding carboxylic acids is 5. The molecule has 0 unspecified atom stereocenters. The van der Waals surface area contributed by atoms with Crippen LogP contribution in [0.4, 0.5) is 0 Å². The van der Waals surface area contributed by atoms with Crippen LogP contribution in [0.25, 0.3) is 0 Å². The molecule has 0 aliphatic heterocycles. The molecular formula is C25H46N4O8. The van der Waals surface area contributed by atoms with E-state index < -0.39 is 71.1 Å². The summed E-state index contributed by atoms with van der Waals surface area (Å²) in [4.78, 5) is 62.3. The molecule has 37 heavy (non-hydrogen) atoms. The minimum Gasteiger partial charge on any atom is -0.460 e. The van der Waals surface area contributed by atoms with Gasteiger partial charge in [0.15, 0.2) is 6.04 Å². The lowest BCUT2D eigenvalue weighted by Gasteiger charge is -2.28. The van der Waals surface area contributed by atoms with Crippen LogP contribution in [0, 0.1) is 0 Å². The maximum absolute atomic E-state index is 13.2. The molecule has 0 saturated heterocycles. The van der Waals surface area contributed by atoms with E-state index in [4.69, 9.17) is 19.9 Å². The molecule has 5 N–H and O–H groups in total. The van der Waals surface area contributed by atoms with E-state index in [1.165, 1.54) is 6.92 Å². The van der Waals surface area contributed by atoms with Crippen molar-refractivity contribution in [1.82, 2.24) is 16.0 Å². The van der Waals surface area contributed by atoms with Crippen molar-refractivity contribution in [2.75, 3.05) is 13.2 Å². The lowest BCUT2D eigenvalue weighted by Crippen LogP contribution is -2.55.